The van der Waals surface area contributed by atoms with E-state index in [1.165, 1.54) is 0 Å². The Balaban J connectivity index is 1.86. The standard InChI is InChI=1S/C12H16N4O2S/c13-11-3-1-10(2-4-11)9-19(17,18)16-6-5-12-14-7-8-15-12/h1-4,7-8,16H,5-6,9,13H2,(H,14,15). The highest BCUT2D eigenvalue weighted by molar-refractivity contribution is 7.88. The summed E-state index contributed by atoms with van der Waals surface area (Å²) in [7, 11) is -3.33. The monoisotopic (exact) mass is 280 g/mol. The number of imidazole rings is 1. The van der Waals surface area contributed by atoms with E-state index < -0.39 is 10.0 Å². The fourth-order valence-corrected chi connectivity index (χ4v) is 2.79. The molecular weight excluding hydrogens is 264 g/mol. The van der Waals surface area contributed by atoms with Crippen molar-refractivity contribution in [3.63, 3.8) is 0 Å². The van der Waals surface area contributed by atoms with Gasteiger partial charge in [-0.3, -0.25) is 0 Å². The van der Waals surface area contributed by atoms with Gasteiger partial charge in [-0.15, -0.1) is 0 Å². The minimum absolute atomic E-state index is 0.0502. The van der Waals surface area contributed by atoms with Crippen molar-refractivity contribution in [2.75, 3.05) is 12.3 Å². The fourth-order valence-electron chi connectivity index (χ4n) is 1.64. The van der Waals surface area contributed by atoms with Crippen LogP contribution < -0.4 is 10.5 Å². The van der Waals surface area contributed by atoms with Crippen molar-refractivity contribution in [2.45, 2.75) is 12.2 Å². The number of benzene rings is 1. The van der Waals surface area contributed by atoms with Gasteiger partial charge in [-0.1, -0.05) is 12.1 Å². The molecule has 0 saturated heterocycles. The summed E-state index contributed by atoms with van der Waals surface area (Å²) in [6.45, 7) is 0.324. The van der Waals surface area contributed by atoms with Crippen molar-refractivity contribution >= 4 is 15.7 Å². The van der Waals surface area contributed by atoms with Gasteiger partial charge in [-0.25, -0.2) is 18.1 Å². The van der Waals surface area contributed by atoms with Crippen LogP contribution in [0.15, 0.2) is 36.7 Å². The summed E-state index contributed by atoms with van der Waals surface area (Å²) in [5, 5.41) is 0. The van der Waals surface area contributed by atoms with Gasteiger partial charge in [0.25, 0.3) is 0 Å². The molecule has 0 aliphatic rings. The first-order valence-corrected chi connectivity index (χ1v) is 7.50. The van der Waals surface area contributed by atoms with Gasteiger partial charge < -0.3 is 10.7 Å². The number of nitrogens with two attached hydrogens (primary N) is 1. The van der Waals surface area contributed by atoms with Gasteiger partial charge in [0.2, 0.25) is 10.0 Å². The van der Waals surface area contributed by atoms with Crippen LogP contribution in [-0.2, 0) is 22.2 Å². The molecular formula is C12H16N4O2S. The van der Waals surface area contributed by atoms with Crippen molar-refractivity contribution in [2.24, 2.45) is 0 Å². The molecule has 1 aromatic carbocycles. The smallest absolute Gasteiger partial charge is 0.215 e. The number of aromatic nitrogens is 2. The molecule has 2 aromatic rings. The van der Waals surface area contributed by atoms with E-state index in [1.807, 2.05) is 0 Å². The first kappa shape index (κ1) is 13.6. The molecule has 19 heavy (non-hydrogen) atoms. The van der Waals surface area contributed by atoms with E-state index in [0.717, 1.165) is 5.82 Å². The van der Waals surface area contributed by atoms with E-state index in [9.17, 15) is 8.42 Å². The lowest BCUT2D eigenvalue weighted by Crippen LogP contribution is -2.27. The van der Waals surface area contributed by atoms with Gasteiger partial charge in [-0.2, -0.15) is 0 Å². The average molecular weight is 280 g/mol. The number of anilines is 1. The molecule has 102 valence electrons. The largest absolute Gasteiger partial charge is 0.399 e. The fraction of sp³-hybridized carbons (Fsp3) is 0.250. The second-order valence-corrected chi connectivity index (χ2v) is 5.99. The SMILES string of the molecule is Nc1ccc(CS(=O)(=O)NCCc2ncc[nH]2)cc1. The van der Waals surface area contributed by atoms with E-state index in [-0.39, 0.29) is 5.75 Å². The van der Waals surface area contributed by atoms with Crippen LogP contribution in [0.3, 0.4) is 0 Å². The zero-order valence-corrected chi connectivity index (χ0v) is 11.2. The Labute approximate surface area is 112 Å². The van der Waals surface area contributed by atoms with Crippen LogP contribution in [0.4, 0.5) is 5.69 Å². The molecule has 4 N–H and O–H groups in total. The Bertz CT molecular complexity index is 606. The number of aromatic amines is 1. The number of H-pyrrole nitrogens is 1. The second-order valence-electron chi connectivity index (χ2n) is 4.18. The summed E-state index contributed by atoms with van der Waals surface area (Å²) < 4.78 is 26.2. The van der Waals surface area contributed by atoms with Crippen molar-refractivity contribution in [1.29, 1.82) is 0 Å². The minimum Gasteiger partial charge on any atom is -0.399 e. The van der Waals surface area contributed by atoms with E-state index in [0.29, 0.717) is 24.2 Å². The number of hydrogen-bond donors (Lipinski definition) is 3. The molecule has 0 spiro atoms. The summed E-state index contributed by atoms with van der Waals surface area (Å²) in [6.07, 6.45) is 3.88. The molecule has 2 rings (SSSR count). The highest BCUT2D eigenvalue weighted by atomic mass is 32.2. The Morgan fingerprint density at radius 3 is 2.63 bits per heavy atom. The van der Waals surface area contributed by atoms with Gasteiger partial charge in [0.1, 0.15) is 5.82 Å². The Hall–Kier alpha value is -1.86. The molecule has 0 saturated carbocycles. The van der Waals surface area contributed by atoms with Crippen LogP contribution in [0.2, 0.25) is 0 Å². The molecule has 0 unspecified atom stereocenters. The van der Waals surface area contributed by atoms with Crippen molar-refractivity contribution < 1.29 is 8.42 Å². The maximum atomic E-state index is 11.8. The van der Waals surface area contributed by atoms with Crippen LogP contribution in [0.5, 0.6) is 0 Å². The van der Waals surface area contributed by atoms with Crippen LogP contribution in [0.25, 0.3) is 0 Å². The van der Waals surface area contributed by atoms with Gasteiger partial charge in [-0.05, 0) is 17.7 Å². The molecule has 0 radical (unpaired) electrons. The number of rotatable bonds is 6. The van der Waals surface area contributed by atoms with Crippen LogP contribution >= 0.6 is 0 Å². The van der Waals surface area contributed by atoms with E-state index >= 15 is 0 Å². The minimum atomic E-state index is -3.33. The molecule has 7 heteroatoms. The normalized spacial score (nSPS) is 11.6. The number of nitrogens with zero attached hydrogens (tertiary/aromatic N) is 1. The predicted octanol–water partition coefficient (Wildman–Crippen LogP) is 0.654. The molecule has 0 fully saturated rings. The Kier molecular flexibility index (Phi) is 4.18. The molecule has 0 bridgehead atoms. The zero-order chi connectivity index (χ0) is 13.7. The third-order valence-corrected chi connectivity index (χ3v) is 3.93. The summed E-state index contributed by atoms with van der Waals surface area (Å²) >= 11 is 0. The highest BCUT2D eigenvalue weighted by Crippen LogP contribution is 2.08. The van der Waals surface area contributed by atoms with Gasteiger partial charge in [0.05, 0.1) is 5.75 Å². The first-order valence-electron chi connectivity index (χ1n) is 5.85. The van der Waals surface area contributed by atoms with Gasteiger partial charge in [0.15, 0.2) is 0 Å². The molecule has 0 amide bonds. The number of hydrogen-bond acceptors (Lipinski definition) is 4. The lowest BCUT2D eigenvalue weighted by molar-refractivity contribution is 0.580. The van der Waals surface area contributed by atoms with Crippen LogP contribution in [0.1, 0.15) is 11.4 Å². The molecule has 1 aromatic heterocycles. The number of nitrogen functional groups attached to an aromatic ring is 1. The average Bonchev–Trinajstić information content (AvgIpc) is 2.85. The van der Waals surface area contributed by atoms with E-state index in [2.05, 4.69) is 14.7 Å². The van der Waals surface area contributed by atoms with Crippen LogP contribution in [-0.4, -0.2) is 24.9 Å². The third kappa shape index (κ3) is 4.38. The van der Waals surface area contributed by atoms with Crippen molar-refractivity contribution in [3.05, 3.63) is 48.0 Å². The molecule has 1 heterocycles. The molecule has 0 aliphatic carbocycles. The maximum Gasteiger partial charge on any atom is 0.215 e. The number of nitrogens with one attached hydrogen (secondary N) is 2. The topological polar surface area (TPSA) is 101 Å². The van der Waals surface area contributed by atoms with Crippen LogP contribution in [0, 0.1) is 0 Å². The van der Waals surface area contributed by atoms with Gasteiger partial charge in [0, 0.05) is 31.0 Å². The molecule has 0 atom stereocenters. The predicted molar refractivity (Wildman–Crippen MR) is 73.8 cm³/mol. The highest BCUT2D eigenvalue weighted by Gasteiger charge is 2.11. The lowest BCUT2D eigenvalue weighted by Gasteiger charge is -2.06. The van der Waals surface area contributed by atoms with E-state index in [1.54, 1.807) is 36.7 Å². The quantitative estimate of drug-likeness (QED) is 0.676. The van der Waals surface area contributed by atoms with Crippen molar-refractivity contribution in [3.8, 4) is 0 Å². The lowest BCUT2D eigenvalue weighted by atomic mass is 10.2. The summed E-state index contributed by atoms with van der Waals surface area (Å²) in [6, 6.07) is 6.80. The maximum absolute atomic E-state index is 11.8. The molecule has 0 aliphatic heterocycles. The number of sulfonamides is 1. The summed E-state index contributed by atoms with van der Waals surface area (Å²) in [5.74, 6) is 0.709. The molecule has 6 nitrogen and oxygen atoms in total. The Morgan fingerprint density at radius 2 is 2.00 bits per heavy atom. The third-order valence-electron chi connectivity index (χ3n) is 2.58. The zero-order valence-electron chi connectivity index (χ0n) is 10.3. The van der Waals surface area contributed by atoms with Gasteiger partial charge >= 0.3 is 0 Å². The second kappa shape index (κ2) is 5.85. The van der Waals surface area contributed by atoms with Crippen molar-refractivity contribution in [1.82, 2.24) is 14.7 Å². The summed E-state index contributed by atoms with van der Waals surface area (Å²) in [4.78, 5) is 6.94. The summed E-state index contributed by atoms with van der Waals surface area (Å²) in [5.41, 5.74) is 6.87. The Morgan fingerprint density at radius 1 is 1.26 bits per heavy atom. The van der Waals surface area contributed by atoms with E-state index in [4.69, 9.17) is 5.73 Å². The first-order chi connectivity index (χ1) is 9.05.